The molecule has 0 saturated carbocycles. The van der Waals surface area contributed by atoms with Gasteiger partial charge in [0, 0.05) is 31.7 Å². The zero-order chi connectivity index (χ0) is 15.7. The smallest absolute Gasteiger partial charge is 0.317 e. The molecular formula is C16H23N5O. The molecule has 6 heteroatoms. The fourth-order valence-electron chi connectivity index (χ4n) is 2.61. The second kappa shape index (κ2) is 5.51. The lowest BCUT2D eigenvalue weighted by Gasteiger charge is -2.36. The molecule has 1 aliphatic heterocycles. The van der Waals surface area contributed by atoms with Crippen LogP contribution in [0.3, 0.4) is 0 Å². The van der Waals surface area contributed by atoms with Crippen LogP contribution >= 0.6 is 0 Å². The Balaban J connectivity index is 1.63. The second-order valence-electron chi connectivity index (χ2n) is 6.73. The number of fused-ring (bicyclic) bond motifs is 1. The van der Waals surface area contributed by atoms with Gasteiger partial charge in [0.1, 0.15) is 0 Å². The molecule has 2 amide bonds. The van der Waals surface area contributed by atoms with E-state index in [1.807, 2.05) is 49.9 Å². The quantitative estimate of drug-likeness (QED) is 0.848. The van der Waals surface area contributed by atoms with E-state index in [4.69, 9.17) is 0 Å². The van der Waals surface area contributed by atoms with Crippen LogP contribution in [0.2, 0.25) is 0 Å². The molecule has 2 aromatic rings. The number of amides is 2. The van der Waals surface area contributed by atoms with Crippen molar-refractivity contribution in [1.29, 1.82) is 0 Å². The van der Waals surface area contributed by atoms with Crippen LogP contribution in [0.25, 0.3) is 11.0 Å². The van der Waals surface area contributed by atoms with Crippen LogP contribution in [0, 0.1) is 0 Å². The lowest BCUT2D eigenvalue weighted by Crippen LogP contribution is -2.55. The van der Waals surface area contributed by atoms with Crippen molar-refractivity contribution in [1.82, 2.24) is 20.2 Å². The van der Waals surface area contributed by atoms with Crippen LogP contribution in [-0.4, -0.2) is 52.6 Å². The maximum Gasteiger partial charge on any atom is 0.317 e. The standard InChI is InChI=1S/C16H23N5O/c1-16(2,3)19-15(22)21-10-8-20(9-11-21)14-17-12-6-4-5-7-13(12)18-14/h4-7H,8-11H2,1-3H3,(H,17,18)(H,19,22). The summed E-state index contributed by atoms with van der Waals surface area (Å²) in [6.07, 6.45) is 0. The van der Waals surface area contributed by atoms with Gasteiger partial charge in [-0.3, -0.25) is 0 Å². The van der Waals surface area contributed by atoms with Crippen LogP contribution < -0.4 is 10.2 Å². The SMILES string of the molecule is CC(C)(C)NC(=O)N1CCN(c2nc3ccccc3[nH]2)CC1. The number of rotatable bonds is 1. The number of hydrogen-bond donors (Lipinski definition) is 2. The maximum absolute atomic E-state index is 12.2. The summed E-state index contributed by atoms with van der Waals surface area (Å²) in [6.45, 7) is 8.98. The zero-order valence-electron chi connectivity index (χ0n) is 13.4. The third-order valence-electron chi connectivity index (χ3n) is 3.73. The van der Waals surface area contributed by atoms with Gasteiger partial charge < -0.3 is 20.1 Å². The first-order chi connectivity index (χ1) is 10.4. The Morgan fingerprint density at radius 3 is 2.50 bits per heavy atom. The summed E-state index contributed by atoms with van der Waals surface area (Å²) in [5.41, 5.74) is 1.82. The molecule has 0 bridgehead atoms. The number of carbonyl (C=O) groups is 1. The van der Waals surface area contributed by atoms with Gasteiger partial charge in [0.05, 0.1) is 11.0 Å². The number of benzene rings is 1. The Labute approximate surface area is 130 Å². The van der Waals surface area contributed by atoms with Crippen molar-refractivity contribution in [3.8, 4) is 0 Å². The van der Waals surface area contributed by atoms with Gasteiger partial charge in [0.2, 0.25) is 5.95 Å². The summed E-state index contributed by atoms with van der Waals surface area (Å²) in [5.74, 6) is 0.886. The van der Waals surface area contributed by atoms with Gasteiger partial charge in [0.25, 0.3) is 0 Å². The molecule has 1 aliphatic rings. The van der Waals surface area contributed by atoms with E-state index in [1.54, 1.807) is 0 Å². The lowest BCUT2D eigenvalue weighted by atomic mass is 10.1. The highest BCUT2D eigenvalue weighted by atomic mass is 16.2. The van der Waals surface area contributed by atoms with Crippen molar-refractivity contribution in [3.63, 3.8) is 0 Å². The van der Waals surface area contributed by atoms with E-state index in [1.165, 1.54) is 0 Å². The Bertz CT molecular complexity index is 631. The number of hydrogen-bond acceptors (Lipinski definition) is 3. The molecule has 6 nitrogen and oxygen atoms in total. The topological polar surface area (TPSA) is 64.3 Å². The Hall–Kier alpha value is -2.24. The number of urea groups is 1. The first kappa shape index (κ1) is 14.7. The molecular weight excluding hydrogens is 278 g/mol. The normalized spacial score (nSPS) is 16.1. The van der Waals surface area contributed by atoms with Crippen molar-refractivity contribution >= 4 is 23.0 Å². The van der Waals surface area contributed by atoms with Crippen molar-refractivity contribution in [3.05, 3.63) is 24.3 Å². The van der Waals surface area contributed by atoms with Crippen molar-refractivity contribution in [2.45, 2.75) is 26.3 Å². The van der Waals surface area contributed by atoms with Crippen LogP contribution in [-0.2, 0) is 0 Å². The maximum atomic E-state index is 12.2. The summed E-state index contributed by atoms with van der Waals surface area (Å²) in [5, 5.41) is 3.01. The van der Waals surface area contributed by atoms with Crippen molar-refractivity contribution in [2.24, 2.45) is 0 Å². The molecule has 2 N–H and O–H groups in total. The molecule has 0 unspecified atom stereocenters. The molecule has 0 spiro atoms. The molecule has 2 heterocycles. The first-order valence-corrected chi connectivity index (χ1v) is 7.69. The summed E-state index contributed by atoms with van der Waals surface area (Å²) >= 11 is 0. The fourth-order valence-corrected chi connectivity index (χ4v) is 2.61. The van der Waals surface area contributed by atoms with Crippen LogP contribution in [0.15, 0.2) is 24.3 Å². The predicted octanol–water partition coefficient (Wildman–Crippen LogP) is 2.19. The molecule has 0 atom stereocenters. The van der Waals surface area contributed by atoms with E-state index in [-0.39, 0.29) is 11.6 Å². The largest absolute Gasteiger partial charge is 0.339 e. The first-order valence-electron chi connectivity index (χ1n) is 7.69. The molecule has 1 fully saturated rings. The third kappa shape index (κ3) is 3.16. The summed E-state index contributed by atoms with van der Waals surface area (Å²) in [4.78, 5) is 24.2. The highest BCUT2D eigenvalue weighted by Crippen LogP contribution is 2.18. The highest BCUT2D eigenvalue weighted by molar-refractivity contribution is 5.78. The Morgan fingerprint density at radius 2 is 1.86 bits per heavy atom. The number of aromatic nitrogens is 2. The number of para-hydroxylation sites is 2. The minimum Gasteiger partial charge on any atom is -0.339 e. The van der Waals surface area contributed by atoms with Gasteiger partial charge in [-0.2, -0.15) is 0 Å². The number of carbonyl (C=O) groups excluding carboxylic acids is 1. The monoisotopic (exact) mass is 301 g/mol. The van der Waals surface area contributed by atoms with Crippen LogP contribution in [0.4, 0.5) is 10.7 Å². The minimum atomic E-state index is -0.201. The number of nitrogens with one attached hydrogen (secondary N) is 2. The number of piperazine rings is 1. The summed E-state index contributed by atoms with van der Waals surface area (Å²) in [6, 6.07) is 8.03. The van der Waals surface area contributed by atoms with Gasteiger partial charge in [-0.05, 0) is 32.9 Å². The van der Waals surface area contributed by atoms with Crippen LogP contribution in [0.1, 0.15) is 20.8 Å². The van der Waals surface area contributed by atoms with Gasteiger partial charge in [-0.25, -0.2) is 9.78 Å². The van der Waals surface area contributed by atoms with Crippen molar-refractivity contribution in [2.75, 3.05) is 31.1 Å². The van der Waals surface area contributed by atoms with E-state index in [2.05, 4.69) is 20.2 Å². The number of H-pyrrole nitrogens is 1. The van der Waals surface area contributed by atoms with Gasteiger partial charge in [-0.1, -0.05) is 12.1 Å². The van der Waals surface area contributed by atoms with Crippen molar-refractivity contribution < 1.29 is 4.79 Å². The number of aromatic amines is 1. The molecule has 3 rings (SSSR count). The molecule has 118 valence electrons. The molecule has 0 radical (unpaired) electrons. The molecule has 0 aliphatic carbocycles. The highest BCUT2D eigenvalue weighted by Gasteiger charge is 2.25. The van der Waals surface area contributed by atoms with Gasteiger partial charge >= 0.3 is 6.03 Å². The van der Waals surface area contributed by atoms with E-state index < -0.39 is 0 Å². The number of nitrogens with zero attached hydrogens (tertiary/aromatic N) is 3. The molecule has 1 aromatic heterocycles. The van der Waals surface area contributed by atoms with Gasteiger partial charge in [0.15, 0.2) is 0 Å². The second-order valence-corrected chi connectivity index (χ2v) is 6.73. The van der Waals surface area contributed by atoms with Gasteiger partial charge in [-0.15, -0.1) is 0 Å². The van der Waals surface area contributed by atoms with E-state index in [9.17, 15) is 4.79 Å². The number of anilines is 1. The summed E-state index contributed by atoms with van der Waals surface area (Å²) < 4.78 is 0. The third-order valence-corrected chi connectivity index (χ3v) is 3.73. The van der Waals surface area contributed by atoms with E-state index >= 15 is 0 Å². The predicted molar refractivity (Wildman–Crippen MR) is 88.2 cm³/mol. The Morgan fingerprint density at radius 1 is 1.18 bits per heavy atom. The van der Waals surface area contributed by atoms with E-state index in [0.717, 1.165) is 30.1 Å². The molecule has 1 saturated heterocycles. The minimum absolute atomic E-state index is 0.0109. The van der Waals surface area contributed by atoms with E-state index in [0.29, 0.717) is 13.1 Å². The fraction of sp³-hybridized carbons (Fsp3) is 0.500. The molecule has 1 aromatic carbocycles. The lowest BCUT2D eigenvalue weighted by molar-refractivity contribution is 0.185. The zero-order valence-corrected chi connectivity index (χ0v) is 13.4. The number of imidazole rings is 1. The average Bonchev–Trinajstić information content (AvgIpc) is 2.89. The Kier molecular flexibility index (Phi) is 3.68. The van der Waals surface area contributed by atoms with Crippen LogP contribution in [0.5, 0.6) is 0 Å². The molecule has 22 heavy (non-hydrogen) atoms. The average molecular weight is 301 g/mol. The summed E-state index contributed by atoms with van der Waals surface area (Å²) in [7, 11) is 0.